The molecular formula is C21H22N2O5. The van der Waals surface area contributed by atoms with E-state index in [1.54, 1.807) is 6.07 Å². The SMILES string of the molecule is O=C(NCC1CCOC1)c1cc(COCc2ccc(-c3ccccc3)o2)on1. The van der Waals surface area contributed by atoms with Crippen molar-refractivity contribution in [2.75, 3.05) is 19.8 Å². The molecular weight excluding hydrogens is 360 g/mol. The lowest BCUT2D eigenvalue weighted by atomic mass is 10.1. The first-order valence-corrected chi connectivity index (χ1v) is 9.31. The number of ether oxygens (including phenoxy) is 2. The first-order valence-electron chi connectivity index (χ1n) is 9.31. The second kappa shape index (κ2) is 8.86. The molecule has 0 bridgehead atoms. The first kappa shape index (κ1) is 18.5. The Labute approximate surface area is 162 Å². The molecule has 1 aromatic carbocycles. The number of benzene rings is 1. The number of nitrogens with zero attached hydrogens (tertiary/aromatic N) is 1. The van der Waals surface area contributed by atoms with E-state index in [4.69, 9.17) is 18.4 Å². The summed E-state index contributed by atoms with van der Waals surface area (Å²) in [6.07, 6.45) is 0.969. The monoisotopic (exact) mass is 382 g/mol. The van der Waals surface area contributed by atoms with Crippen LogP contribution in [0, 0.1) is 5.92 Å². The van der Waals surface area contributed by atoms with Gasteiger partial charge in [-0.15, -0.1) is 0 Å². The van der Waals surface area contributed by atoms with Crippen molar-refractivity contribution in [1.82, 2.24) is 10.5 Å². The molecule has 0 radical (unpaired) electrons. The molecule has 1 atom stereocenters. The normalized spacial score (nSPS) is 16.4. The highest BCUT2D eigenvalue weighted by Crippen LogP contribution is 2.22. The van der Waals surface area contributed by atoms with E-state index >= 15 is 0 Å². The van der Waals surface area contributed by atoms with Gasteiger partial charge in [-0.25, -0.2) is 0 Å². The number of hydrogen-bond acceptors (Lipinski definition) is 6. The molecule has 3 aromatic rings. The highest BCUT2D eigenvalue weighted by molar-refractivity contribution is 5.92. The Balaban J connectivity index is 1.23. The van der Waals surface area contributed by atoms with Crippen LogP contribution in [0.5, 0.6) is 0 Å². The molecule has 2 aromatic heterocycles. The van der Waals surface area contributed by atoms with Crippen molar-refractivity contribution in [3.05, 3.63) is 65.7 Å². The Bertz CT molecular complexity index is 896. The third kappa shape index (κ3) is 4.68. The number of nitrogens with one attached hydrogen (secondary N) is 1. The molecule has 0 aliphatic carbocycles. The number of furan rings is 1. The smallest absolute Gasteiger partial charge is 0.273 e. The number of aromatic nitrogens is 1. The van der Waals surface area contributed by atoms with E-state index in [0.717, 1.165) is 30.1 Å². The summed E-state index contributed by atoms with van der Waals surface area (Å²) < 4.78 is 21.9. The summed E-state index contributed by atoms with van der Waals surface area (Å²) in [5, 5.41) is 6.67. The van der Waals surface area contributed by atoms with Gasteiger partial charge in [0.25, 0.3) is 5.91 Å². The molecule has 3 heterocycles. The van der Waals surface area contributed by atoms with Gasteiger partial charge in [0.05, 0.1) is 6.61 Å². The third-order valence-corrected chi connectivity index (χ3v) is 4.58. The highest BCUT2D eigenvalue weighted by atomic mass is 16.5. The third-order valence-electron chi connectivity index (χ3n) is 4.58. The molecule has 28 heavy (non-hydrogen) atoms. The molecule has 0 saturated carbocycles. The maximum Gasteiger partial charge on any atom is 0.273 e. The van der Waals surface area contributed by atoms with Crippen LogP contribution in [0.25, 0.3) is 11.3 Å². The van der Waals surface area contributed by atoms with E-state index in [-0.39, 0.29) is 18.2 Å². The van der Waals surface area contributed by atoms with E-state index in [0.29, 0.717) is 31.4 Å². The fourth-order valence-corrected chi connectivity index (χ4v) is 3.03. The van der Waals surface area contributed by atoms with Crippen LogP contribution in [0.4, 0.5) is 0 Å². The van der Waals surface area contributed by atoms with Gasteiger partial charge in [-0.2, -0.15) is 0 Å². The number of carbonyl (C=O) groups is 1. The van der Waals surface area contributed by atoms with Gasteiger partial charge >= 0.3 is 0 Å². The topological polar surface area (TPSA) is 86.7 Å². The average Bonchev–Trinajstić information content (AvgIpc) is 3.49. The van der Waals surface area contributed by atoms with Gasteiger partial charge in [0.1, 0.15) is 24.7 Å². The molecule has 1 saturated heterocycles. The minimum atomic E-state index is -0.250. The van der Waals surface area contributed by atoms with E-state index < -0.39 is 0 Å². The summed E-state index contributed by atoms with van der Waals surface area (Å²) in [6, 6.07) is 15.3. The van der Waals surface area contributed by atoms with Crippen molar-refractivity contribution in [2.24, 2.45) is 5.92 Å². The van der Waals surface area contributed by atoms with Gasteiger partial charge in [0, 0.05) is 30.7 Å². The Morgan fingerprint density at radius 2 is 2.00 bits per heavy atom. The van der Waals surface area contributed by atoms with Crippen LogP contribution in [0.2, 0.25) is 0 Å². The summed E-state index contributed by atoms with van der Waals surface area (Å²) in [5.74, 6) is 2.12. The van der Waals surface area contributed by atoms with Crippen LogP contribution in [0.15, 0.2) is 57.5 Å². The van der Waals surface area contributed by atoms with Crippen LogP contribution in [-0.2, 0) is 22.7 Å². The molecule has 1 fully saturated rings. The van der Waals surface area contributed by atoms with Gasteiger partial charge in [0.2, 0.25) is 0 Å². The first-order chi connectivity index (χ1) is 13.8. The summed E-state index contributed by atoms with van der Waals surface area (Å²) in [6.45, 7) is 2.54. The van der Waals surface area contributed by atoms with Gasteiger partial charge in [-0.05, 0) is 18.6 Å². The Morgan fingerprint density at radius 3 is 2.82 bits per heavy atom. The molecule has 1 N–H and O–H groups in total. The molecule has 1 unspecified atom stereocenters. The van der Waals surface area contributed by atoms with Gasteiger partial charge in [0.15, 0.2) is 11.5 Å². The maximum absolute atomic E-state index is 12.1. The largest absolute Gasteiger partial charge is 0.459 e. The lowest BCUT2D eigenvalue weighted by molar-refractivity contribution is 0.0766. The van der Waals surface area contributed by atoms with Crippen molar-refractivity contribution in [2.45, 2.75) is 19.6 Å². The number of carbonyl (C=O) groups excluding carboxylic acids is 1. The maximum atomic E-state index is 12.1. The van der Waals surface area contributed by atoms with Crippen molar-refractivity contribution in [3.8, 4) is 11.3 Å². The minimum absolute atomic E-state index is 0.206. The van der Waals surface area contributed by atoms with Crippen LogP contribution in [0.3, 0.4) is 0 Å². The zero-order valence-electron chi connectivity index (χ0n) is 15.4. The van der Waals surface area contributed by atoms with Crippen molar-refractivity contribution in [3.63, 3.8) is 0 Å². The van der Waals surface area contributed by atoms with Crippen LogP contribution in [0.1, 0.15) is 28.4 Å². The lowest BCUT2D eigenvalue weighted by Gasteiger charge is -2.07. The molecule has 4 rings (SSSR count). The minimum Gasteiger partial charge on any atom is -0.459 e. The zero-order valence-corrected chi connectivity index (χ0v) is 15.4. The molecule has 1 amide bonds. The molecule has 7 nitrogen and oxygen atoms in total. The summed E-state index contributed by atoms with van der Waals surface area (Å²) in [7, 11) is 0. The average molecular weight is 382 g/mol. The summed E-state index contributed by atoms with van der Waals surface area (Å²) in [5.41, 5.74) is 1.27. The van der Waals surface area contributed by atoms with E-state index in [1.807, 2.05) is 42.5 Å². The van der Waals surface area contributed by atoms with E-state index in [1.165, 1.54) is 0 Å². The van der Waals surface area contributed by atoms with Crippen LogP contribution < -0.4 is 5.32 Å². The number of hydrogen-bond donors (Lipinski definition) is 1. The molecule has 0 spiro atoms. The quantitative estimate of drug-likeness (QED) is 0.642. The second-order valence-electron chi connectivity index (χ2n) is 6.74. The van der Waals surface area contributed by atoms with Crippen molar-refractivity contribution >= 4 is 5.91 Å². The second-order valence-corrected chi connectivity index (χ2v) is 6.74. The lowest BCUT2D eigenvalue weighted by Crippen LogP contribution is -2.29. The van der Waals surface area contributed by atoms with Gasteiger partial charge in [-0.3, -0.25) is 4.79 Å². The molecule has 1 aliphatic heterocycles. The Kier molecular flexibility index (Phi) is 5.84. The Hall–Kier alpha value is -2.90. The van der Waals surface area contributed by atoms with Crippen molar-refractivity contribution in [1.29, 1.82) is 0 Å². The molecule has 7 heteroatoms. The number of rotatable bonds is 8. The summed E-state index contributed by atoms with van der Waals surface area (Å²) in [4.78, 5) is 12.1. The predicted octanol–water partition coefficient (Wildman–Crippen LogP) is 3.42. The predicted molar refractivity (Wildman–Crippen MR) is 100 cm³/mol. The highest BCUT2D eigenvalue weighted by Gasteiger charge is 2.18. The van der Waals surface area contributed by atoms with E-state index in [2.05, 4.69) is 10.5 Å². The standard InChI is InChI=1S/C21H22N2O5/c24-21(22-11-15-8-9-25-12-15)19-10-18(28-23-19)14-26-13-17-6-7-20(27-17)16-4-2-1-3-5-16/h1-7,10,15H,8-9,11-14H2,(H,22,24). The molecule has 1 aliphatic rings. The van der Waals surface area contributed by atoms with Crippen LogP contribution >= 0.6 is 0 Å². The van der Waals surface area contributed by atoms with E-state index in [9.17, 15) is 4.79 Å². The Morgan fingerprint density at radius 1 is 1.14 bits per heavy atom. The van der Waals surface area contributed by atoms with Gasteiger partial charge < -0.3 is 23.7 Å². The zero-order chi connectivity index (χ0) is 19.2. The molecule has 146 valence electrons. The van der Waals surface area contributed by atoms with Gasteiger partial charge in [-0.1, -0.05) is 35.5 Å². The van der Waals surface area contributed by atoms with Crippen molar-refractivity contribution < 1.29 is 23.2 Å². The fraction of sp³-hybridized carbons (Fsp3) is 0.333. The summed E-state index contributed by atoms with van der Waals surface area (Å²) >= 11 is 0. The van der Waals surface area contributed by atoms with Crippen LogP contribution in [-0.4, -0.2) is 30.8 Å². The fourth-order valence-electron chi connectivity index (χ4n) is 3.03. The number of amides is 1.